The molecule has 2 rings (SSSR count). The summed E-state index contributed by atoms with van der Waals surface area (Å²) in [5.41, 5.74) is 3.71. The topological polar surface area (TPSA) is 71.2 Å². The second-order valence-corrected chi connectivity index (χ2v) is 5.07. The van der Waals surface area contributed by atoms with Crippen LogP contribution in [0.25, 0.3) is 0 Å². The number of likely N-dealkylation sites (tertiary alicyclic amines) is 1. The number of nitrogen functional groups attached to an aromatic ring is 1. The first-order chi connectivity index (χ1) is 9.24. The molecular formula is C14H22N4O. The summed E-state index contributed by atoms with van der Waals surface area (Å²) in [7, 11) is 0. The Bertz CT molecular complexity index is 418. The number of carbonyl (C=O) groups excluding carboxylic acids is 1. The molecule has 0 spiro atoms. The number of amides is 1. The second kappa shape index (κ2) is 6.52. The number of nitrogens with two attached hydrogens (primary N) is 1. The lowest BCUT2D eigenvalue weighted by Gasteiger charge is -2.20. The summed E-state index contributed by atoms with van der Waals surface area (Å²) in [6, 6.07) is 3.49. The molecule has 5 heteroatoms. The van der Waals surface area contributed by atoms with E-state index >= 15 is 0 Å². The van der Waals surface area contributed by atoms with Crippen molar-refractivity contribution in [3.05, 3.63) is 24.0 Å². The summed E-state index contributed by atoms with van der Waals surface area (Å²) < 4.78 is 0. The fourth-order valence-corrected chi connectivity index (χ4v) is 2.54. The molecule has 1 aromatic rings. The van der Waals surface area contributed by atoms with Gasteiger partial charge in [-0.25, -0.2) is 4.98 Å². The fraction of sp³-hybridized carbons (Fsp3) is 0.571. The van der Waals surface area contributed by atoms with Crippen molar-refractivity contribution in [1.82, 2.24) is 9.88 Å². The van der Waals surface area contributed by atoms with Crippen LogP contribution < -0.4 is 11.3 Å². The van der Waals surface area contributed by atoms with Crippen LogP contribution >= 0.6 is 0 Å². The first-order valence-corrected chi connectivity index (χ1v) is 6.96. The van der Waals surface area contributed by atoms with Gasteiger partial charge in [0.25, 0.3) is 5.91 Å². The number of hydrazine groups is 1. The number of hydrogen-bond acceptors (Lipinski definition) is 4. The highest BCUT2D eigenvalue weighted by Gasteiger charge is 2.21. The van der Waals surface area contributed by atoms with E-state index in [2.05, 4.69) is 17.3 Å². The average molecular weight is 262 g/mol. The minimum Gasteiger partial charge on any atom is -0.337 e. The number of rotatable bonds is 3. The Hall–Kier alpha value is -1.62. The third kappa shape index (κ3) is 3.44. The van der Waals surface area contributed by atoms with Gasteiger partial charge in [-0.05, 0) is 37.3 Å². The summed E-state index contributed by atoms with van der Waals surface area (Å²) in [6.07, 6.45) is 6.21. The molecular weight excluding hydrogens is 240 g/mol. The van der Waals surface area contributed by atoms with E-state index in [4.69, 9.17) is 5.84 Å². The van der Waals surface area contributed by atoms with E-state index in [1.807, 2.05) is 4.90 Å². The summed E-state index contributed by atoms with van der Waals surface area (Å²) in [5.74, 6) is 6.07. The molecule has 1 amide bonds. The number of pyridine rings is 1. The van der Waals surface area contributed by atoms with Crippen molar-refractivity contribution >= 4 is 11.6 Å². The number of nitrogens with zero attached hydrogens (tertiary/aromatic N) is 2. The van der Waals surface area contributed by atoms with Gasteiger partial charge in [-0.3, -0.25) is 10.6 Å². The van der Waals surface area contributed by atoms with Gasteiger partial charge >= 0.3 is 0 Å². The SMILES string of the molecule is CCC1CCCN(C(=O)c2ccc(NN)cn2)CC1. The van der Waals surface area contributed by atoms with Gasteiger partial charge in [0.1, 0.15) is 5.69 Å². The zero-order valence-corrected chi connectivity index (χ0v) is 11.4. The summed E-state index contributed by atoms with van der Waals surface area (Å²) in [6.45, 7) is 3.91. The lowest BCUT2D eigenvalue weighted by molar-refractivity contribution is 0.0754. The molecule has 0 saturated carbocycles. The minimum absolute atomic E-state index is 0.0281. The Morgan fingerprint density at radius 3 is 2.95 bits per heavy atom. The van der Waals surface area contributed by atoms with Crippen LogP contribution in [0, 0.1) is 5.92 Å². The summed E-state index contributed by atoms with van der Waals surface area (Å²) in [4.78, 5) is 18.4. The standard InChI is InChI=1S/C14H22N4O/c1-2-11-4-3-8-18(9-7-11)14(19)13-6-5-12(17-15)10-16-13/h5-6,10-11,17H,2-4,7-9,15H2,1H3. The molecule has 1 aliphatic rings. The molecule has 1 fully saturated rings. The van der Waals surface area contributed by atoms with Crippen LogP contribution in [0.15, 0.2) is 18.3 Å². The third-order valence-electron chi connectivity index (χ3n) is 3.86. The van der Waals surface area contributed by atoms with Crippen molar-refractivity contribution in [2.75, 3.05) is 18.5 Å². The molecule has 1 saturated heterocycles. The Labute approximate surface area is 114 Å². The fourth-order valence-electron chi connectivity index (χ4n) is 2.54. The van der Waals surface area contributed by atoms with E-state index in [-0.39, 0.29) is 5.91 Å². The van der Waals surface area contributed by atoms with Gasteiger partial charge < -0.3 is 10.3 Å². The van der Waals surface area contributed by atoms with Crippen LogP contribution in [0.5, 0.6) is 0 Å². The Balaban J connectivity index is 2.01. The van der Waals surface area contributed by atoms with Gasteiger partial charge in [-0.2, -0.15) is 0 Å². The number of hydrogen-bond donors (Lipinski definition) is 2. The first-order valence-electron chi connectivity index (χ1n) is 6.96. The van der Waals surface area contributed by atoms with E-state index in [9.17, 15) is 4.79 Å². The Morgan fingerprint density at radius 2 is 2.32 bits per heavy atom. The first kappa shape index (κ1) is 13.8. The van der Waals surface area contributed by atoms with Crippen molar-refractivity contribution in [3.8, 4) is 0 Å². The van der Waals surface area contributed by atoms with Gasteiger partial charge in [0.05, 0.1) is 11.9 Å². The molecule has 0 aliphatic carbocycles. The normalized spacial score (nSPS) is 19.9. The van der Waals surface area contributed by atoms with Crippen molar-refractivity contribution in [2.24, 2.45) is 11.8 Å². The Kier molecular flexibility index (Phi) is 4.74. The van der Waals surface area contributed by atoms with Crippen LogP contribution in [0.3, 0.4) is 0 Å². The monoisotopic (exact) mass is 262 g/mol. The van der Waals surface area contributed by atoms with Crippen LogP contribution in [-0.4, -0.2) is 28.9 Å². The number of anilines is 1. The highest BCUT2D eigenvalue weighted by molar-refractivity contribution is 5.92. The molecule has 19 heavy (non-hydrogen) atoms. The molecule has 3 N–H and O–H groups in total. The summed E-state index contributed by atoms with van der Waals surface area (Å²) >= 11 is 0. The minimum atomic E-state index is 0.0281. The highest BCUT2D eigenvalue weighted by Crippen LogP contribution is 2.21. The zero-order chi connectivity index (χ0) is 13.7. The number of carbonyl (C=O) groups is 1. The predicted octanol–water partition coefficient (Wildman–Crippen LogP) is 2.02. The second-order valence-electron chi connectivity index (χ2n) is 5.07. The maximum absolute atomic E-state index is 12.4. The highest BCUT2D eigenvalue weighted by atomic mass is 16.2. The van der Waals surface area contributed by atoms with Crippen molar-refractivity contribution < 1.29 is 4.79 Å². The van der Waals surface area contributed by atoms with Gasteiger partial charge in [0.2, 0.25) is 0 Å². The van der Waals surface area contributed by atoms with Crippen molar-refractivity contribution in [2.45, 2.75) is 32.6 Å². The lowest BCUT2D eigenvalue weighted by Crippen LogP contribution is -2.32. The van der Waals surface area contributed by atoms with Gasteiger partial charge in [-0.15, -0.1) is 0 Å². The lowest BCUT2D eigenvalue weighted by atomic mass is 9.98. The maximum atomic E-state index is 12.4. The maximum Gasteiger partial charge on any atom is 0.272 e. The third-order valence-corrected chi connectivity index (χ3v) is 3.86. The average Bonchev–Trinajstić information content (AvgIpc) is 2.72. The number of aromatic nitrogens is 1. The van der Waals surface area contributed by atoms with Crippen molar-refractivity contribution in [3.63, 3.8) is 0 Å². The van der Waals surface area contributed by atoms with Crippen LogP contribution in [0.1, 0.15) is 43.1 Å². The van der Waals surface area contributed by atoms with Gasteiger partial charge in [0, 0.05) is 13.1 Å². The molecule has 0 bridgehead atoms. The molecule has 1 unspecified atom stereocenters. The van der Waals surface area contributed by atoms with Crippen LogP contribution in [-0.2, 0) is 0 Å². The van der Waals surface area contributed by atoms with Gasteiger partial charge in [0.15, 0.2) is 0 Å². The van der Waals surface area contributed by atoms with E-state index in [0.29, 0.717) is 11.4 Å². The number of nitrogens with one attached hydrogen (secondary N) is 1. The van der Waals surface area contributed by atoms with Crippen molar-refractivity contribution in [1.29, 1.82) is 0 Å². The quantitative estimate of drug-likeness (QED) is 0.646. The molecule has 5 nitrogen and oxygen atoms in total. The molecule has 1 aliphatic heterocycles. The van der Waals surface area contributed by atoms with Crippen LogP contribution in [0.2, 0.25) is 0 Å². The van der Waals surface area contributed by atoms with E-state index in [1.54, 1.807) is 18.3 Å². The molecule has 1 aromatic heterocycles. The van der Waals surface area contributed by atoms with E-state index in [1.165, 1.54) is 12.8 Å². The smallest absolute Gasteiger partial charge is 0.272 e. The largest absolute Gasteiger partial charge is 0.337 e. The van der Waals surface area contributed by atoms with E-state index in [0.717, 1.165) is 31.8 Å². The molecule has 104 valence electrons. The van der Waals surface area contributed by atoms with Gasteiger partial charge in [-0.1, -0.05) is 13.3 Å². The van der Waals surface area contributed by atoms with Crippen LogP contribution in [0.4, 0.5) is 5.69 Å². The Morgan fingerprint density at radius 1 is 1.47 bits per heavy atom. The van der Waals surface area contributed by atoms with E-state index < -0.39 is 0 Å². The molecule has 1 atom stereocenters. The molecule has 0 radical (unpaired) electrons. The predicted molar refractivity (Wildman–Crippen MR) is 75.6 cm³/mol. The zero-order valence-electron chi connectivity index (χ0n) is 11.4. The summed E-state index contributed by atoms with van der Waals surface area (Å²) in [5, 5.41) is 0. The molecule has 2 heterocycles. The molecule has 0 aromatic carbocycles.